The first-order valence-corrected chi connectivity index (χ1v) is 9.61. The maximum absolute atomic E-state index is 12.2. The lowest BCUT2D eigenvalue weighted by Gasteiger charge is -2.08. The van der Waals surface area contributed by atoms with E-state index in [9.17, 15) is 8.42 Å². The molecular formula is C19H24N2O3S. The summed E-state index contributed by atoms with van der Waals surface area (Å²) in [7, 11) is -3.67. The Morgan fingerprint density at radius 1 is 1.08 bits per heavy atom. The van der Waals surface area contributed by atoms with Gasteiger partial charge in [-0.1, -0.05) is 19.9 Å². The molecule has 0 aliphatic carbocycles. The molecule has 0 aromatic heterocycles. The van der Waals surface area contributed by atoms with Crippen LogP contribution in [0.3, 0.4) is 0 Å². The summed E-state index contributed by atoms with van der Waals surface area (Å²) in [4.78, 5) is 2.43. The summed E-state index contributed by atoms with van der Waals surface area (Å²) in [5, 5.41) is 3.84. The second-order valence-electron chi connectivity index (χ2n) is 6.37. The number of hydrazone groups is 1. The van der Waals surface area contributed by atoms with Crippen molar-refractivity contribution in [3.8, 4) is 5.75 Å². The van der Waals surface area contributed by atoms with E-state index >= 15 is 0 Å². The lowest BCUT2D eigenvalue weighted by atomic mass is 10.1. The Kier molecular flexibility index (Phi) is 6.20. The monoisotopic (exact) mass is 360 g/mol. The maximum atomic E-state index is 12.2. The molecule has 25 heavy (non-hydrogen) atoms. The van der Waals surface area contributed by atoms with Crippen molar-refractivity contribution in [2.45, 2.75) is 32.6 Å². The number of ether oxygens (including phenoxy) is 1. The van der Waals surface area contributed by atoms with Gasteiger partial charge in [-0.3, -0.25) is 0 Å². The summed E-state index contributed by atoms with van der Waals surface area (Å²) < 4.78 is 30.1. The second kappa shape index (κ2) is 8.16. The molecule has 0 radical (unpaired) electrons. The average Bonchev–Trinajstić information content (AvgIpc) is 2.56. The van der Waals surface area contributed by atoms with Gasteiger partial charge in [0.2, 0.25) is 0 Å². The molecule has 0 aliphatic rings. The normalized spacial score (nSPS) is 11.9. The van der Waals surface area contributed by atoms with Gasteiger partial charge in [-0.25, -0.2) is 4.83 Å². The summed E-state index contributed by atoms with van der Waals surface area (Å²) >= 11 is 0. The highest BCUT2D eigenvalue weighted by Gasteiger charge is 2.13. The second-order valence-corrected chi connectivity index (χ2v) is 8.03. The van der Waals surface area contributed by atoms with Gasteiger partial charge in [0.15, 0.2) is 0 Å². The van der Waals surface area contributed by atoms with E-state index in [4.69, 9.17) is 4.74 Å². The van der Waals surface area contributed by atoms with E-state index in [2.05, 4.69) is 23.8 Å². The van der Waals surface area contributed by atoms with Crippen molar-refractivity contribution in [2.24, 2.45) is 11.0 Å². The molecule has 6 heteroatoms. The summed E-state index contributed by atoms with van der Waals surface area (Å²) in [6.07, 6.45) is 1.46. The molecule has 0 unspecified atom stereocenters. The molecule has 0 fully saturated rings. The van der Waals surface area contributed by atoms with Crippen molar-refractivity contribution < 1.29 is 13.2 Å². The van der Waals surface area contributed by atoms with Crippen LogP contribution in [0.25, 0.3) is 0 Å². The molecule has 0 amide bonds. The van der Waals surface area contributed by atoms with Gasteiger partial charge in [-0.05, 0) is 72.9 Å². The molecule has 5 nitrogen and oxygen atoms in total. The molecule has 134 valence electrons. The Morgan fingerprint density at radius 2 is 1.76 bits per heavy atom. The van der Waals surface area contributed by atoms with Crippen LogP contribution < -0.4 is 9.57 Å². The fraction of sp³-hybridized carbons (Fsp3) is 0.316. The summed E-state index contributed by atoms with van der Waals surface area (Å²) in [5.74, 6) is 1.24. The van der Waals surface area contributed by atoms with Crippen LogP contribution in [-0.4, -0.2) is 21.2 Å². The molecule has 2 rings (SSSR count). The van der Waals surface area contributed by atoms with Crippen LogP contribution in [0.1, 0.15) is 30.5 Å². The highest BCUT2D eigenvalue weighted by Crippen LogP contribution is 2.15. The molecule has 0 saturated carbocycles. The molecule has 0 heterocycles. The number of rotatable bonds is 7. The quantitative estimate of drug-likeness (QED) is 0.605. The number of nitrogens with zero attached hydrogens (tertiary/aromatic N) is 1. The predicted octanol–water partition coefficient (Wildman–Crippen LogP) is 3.65. The summed E-state index contributed by atoms with van der Waals surface area (Å²) in [5.41, 5.74) is 2.74. The van der Waals surface area contributed by atoms with Gasteiger partial charge < -0.3 is 4.74 Å². The van der Waals surface area contributed by atoms with E-state index in [1.807, 2.05) is 38.1 Å². The Morgan fingerprint density at radius 3 is 2.36 bits per heavy atom. The van der Waals surface area contributed by atoms with Crippen LogP contribution in [0.4, 0.5) is 0 Å². The van der Waals surface area contributed by atoms with E-state index in [1.165, 1.54) is 6.21 Å². The Balaban J connectivity index is 2.00. The lowest BCUT2D eigenvalue weighted by molar-refractivity contribution is 0.271. The molecule has 2 aromatic carbocycles. The van der Waals surface area contributed by atoms with Gasteiger partial charge >= 0.3 is 0 Å². The molecule has 0 saturated heterocycles. The van der Waals surface area contributed by atoms with Crippen molar-refractivity contribution in [2.75, 3.05) is 6.61 Å². The zero-order valence-electron chi connectivity index (χ0n) is 15.0. The molecule has 0 aliphatic heterocycles. The molecule has 0 spiro atoms. The minimum Gasteiger partial charge on any atom is -0.493 e. The number of benzene rings is 2. The highest BCUT2D eigenvalue weighted by atomic mass is 32.2. The molecule has 0 atom stereocenters. The molecule has 1 N–H and O–H groups in total. The van der Waals surface area contributed by atoms with Gasteiger partial charge in [0.05, 0.1) is 17.7 Å². The zero-order chi connectivity index (χ0) is 18.4. The first-order valence-electron chi connectivity index (χ1n) is 8.13. The third-order valence-corrected chi connectivity index (χ3v) is 4.86. The van der Waals surface area contributed by atoms with Crippen LogP contribution in [0, 0.1) is 19.8 Å². The average molecular weight is 360 g/mol. The largest absolute Gasteiger partial charge is 0.493 e. The first-order chi connectivity index (χ1) is 11.8. The molecular weight excluding hydrogens is 336 g/mol. The van der Waals surface area contributed by atoms with E-state index in [1.54, 1.807) is 18.2 Å². The molecule has 2 aromatic rings. The van der Waals surface area contributed by atoms with Crippen LogP contribution in [0.15, 0.2) is 52.5 Å². The van der Waals surface area contributed by atoms with Crippen molar-refractivity contribution in [3.63, 3.8) is 0 Å². The number of nitrogens with one attached hydrogen (secondary N) is 1. The van der Waals surface area contributed by atoms with Gasteiger partial charge in [-0.15, -0.1) is 0 Å². The van der Waals surface area contributed by atoms with Gasteiger partial charge in [0.1, 0.15) is 5.75 Å². The summed E-state index contributed by atoms with van der Waals surface area (Å²) in [6.45, 7) is 8.64. The fourth-order valence-corrected chi connectivity index (χ4v) is 2.89. The number of sulfonamides is 1. The van der Waals surface area contributed by atoms with Crippen molar-refractivity contribution in [1.29, 1.82) is 0 Å². The Bertz CT molecular complexity index is 841. The van der Waals surface area contributed by atoms with Crippen molar-refractivity contribution in [3.05, 3.63) is 59.2 Å². The fourth-order valence-electron chi connectivity index (χ4n) is 2.02. The van der Waals surface area contributed by atoms with Crippen molar-refractivity contribution >= 4 is 16.2 Å². The van der Waals surface area contributed by atoms with Gasteiger partial charge in [0.25, 0.3) is 10.0 Å². The SMILES string of the molecule is Cc1ccc(S(=O)(=O)N/N=C/c2ccc(OCC(C)C)cc2)cc1C. The van der Waals surface area contributed by atoms with Crippen LogP contribution in [0.2, 0.25) is 0 Å². The van der Waals surface area contributed by atoms with Crippen LogP contribution in [0.5, 0.6) is 5.75 Å². The van der Waals surface area contributed by atoms with E-state index in [0.29, 0.717) is 12.5 Å². The standard InChI is InChI=1S/C19H24N2O3S/c1-14(2)13-24-18-8-6-17(7-9-18)12-20-21-25(22,23)19-10-5-15(3)16(4)11-19/h5-12,14,21H,13H2,1-4H3/b20-12+. The smallest absolute Gasteiger partial charge is 0.276 e. The predicted molar refractivity (Wildman–Crippen MR) is 101 cm³/mol. The Labute approximate surface area is 149 Å². The third-order valence-electron chi connectivity index (χ3n) is 3.64. The summed E-state index contributed by atoms with van der Waals surface area (Å²) in [6, 6.07) is 12.3. The third kappa shape index (κ3) is 5.60. The Hall–Kier alpha value is -2.34. The van der Waals surface area contributed by atoms with E-state index < -0.39 is 10.0 Å². The van der Waals surface area contributed by atoms with E-state index in [-0.39, 0.29) is 4.90 Å². The number of hydrogen-bond acceptors (Lipinski definition) is 4. The highest BCUT2D eigenvalue weighted by molar-refractivity contribution is 7.89. The van der Waals surface area contributed by atoms with Crippen LogP contribution >= 0.6 is 0 Å². The van der Waals surface area contributed by atoms with Crippen LogP contribution in [-0.2, 0) is 10.0 Å². The van der Waals surface area contributed by atoms with Crippen molar-refractivity contribution in [1.82, 2.24) is 4.83 Å². The minimum absolute atomic E-state index is 0.199. The number of aryl methyl sites for hydroxylation is 2. The minimum atomic E-state index is -3.67. The number of hydrogen-bond donors (Lipinski definition) is 1. The maximum Gasteiger partial charge on any atom is 0.276 e. The van der Waals surface area contributed by atoms with Gasteiger partial charge in [0, 0.05) is 0 Å². The van der Waals surface area contributed by atoms with E-state index in [0.717, 1.165) is 22.4 Å². The zero-order valence-corrected chi connectivity index (χ0v) is 15.8. The molecule has 0 bridgehead atoms. The first kappa shape index (κ1) is 19.0. The lowest BCUT2D eigenvalue weighted by Crippen LogP contribution is -2.18. The topological polar surface area (TPSA) is 67.8 Å². The van der Waals surface area contributed by atoms with Gasteiger partial charge in [-0.2, -0.15) is 13.5 Å².